The van der Waals surface area contributed by atoms with Gasteiger partial charge in [-0.3, -0.25) is 19.1 Å². The second kappa shape index (κ2) is 12.9. The van der Waals surface area contributed by atoms with Crippen molar-refractivity contribution in [3.8, 4) is 5.75 Å². The van der Waals surface area contributed by atoms with Crippen molar-refractivity contribution in [2.75, 3.05) is 38.8 Å². The van der Waals surface area contributed by atoms with Gasteiger partial charge in [0.1, 0.15) is 12.4 Å². The number of nitrogens with zero attached hydrogens (tertiary/aromatic N) is 3. The fourth-order valence-corrected chi connectivity index (χ4v) is 4.94. The molecule has 0 saturated carbocycles. The van der Waals surface area contributed by atoms with Crippen LogP contribution in [0.1, 0.15) is 15.9 Å². The van der Waals surface area contributed by atoms with E-state index < -0.39 is 37.2 Å². The lowest BCUT2D eigenvalue weighted by Gasteiger charge is -2.19. The number of nitrogens with two attached hydrogens (primary N) is 1. The van der Waals surface area contributed by atoms with E-state index in [1.165, 1.54) is 43.8 Å². The van der Waals surface area contributed by atoms with E-state index in [0.29, 0.717) is 5.56 Å². The monoisotopic (exact) mass is 577 g/mol. The van der Waals surface area contributed by atoms with Crippen LogP contribution in [0, 0.1) is 11.6 Å². The molecule has 1 unspecified atom stereocenters. The molecule has 0 aliphatic rings. The third kappa shape index (κ3) is 7.36. The Kier molecular flexibility index (Phi) is 9.38. The molecule has 0 aliphatic heterocycles. The summed E-state index contributed by atoms with van der Waals surface area (Å²) in [4.78, 5) is 34.9. The van der Waals surface area contributed by atoms with Crippen molar-refractivity contribution in [3.05, 3.63) is 81.9 Å². The number of methoxy groups -OCH3 is 1. The molecule has 1 atom stereocenters. The van der Waals surface area contributed by atoms with Crippen LogP contribution in [0.4, 0.5) is 14.7 Å². The van der Waals surface area contributed by atoms with E-state index in [9.17, 15) is 22.9 Å². The molecule has 12 nitrogen and oxygen atoms in total. The summed E-state index contributed by atoms with van der Waals surface area (Å²) in [6, 6.07) is 8.92. The zero-order valence-electron chi connectivity index (χ0n) is 21.3. The molecule has 212 valence electrons. The van der Waals surface area contributed by atoms with Gasteiger partial charge in [0, 0.05) is 12.1 Å². The number of imidazole rings is 1. The van der Waals surface area contributed by atoms with E-state index in [0.717, 1.165) is 12.1 Å². The van der Waals surface area contributed by atoms with E-state index in [1.807, 2.05) is 0 Å². The Morgan fingerprint density at radius 1 is 1.12 bits per heavy atom. The van der Waals surface area contributed by atoms with E-state index in [2.05, 4.69) is 15.0 Å². The minimum absolute atomic E-state index is 0.0367. The van der Waals surface area contributed by atoms with Gasteiger partial charge in [-0.05, 0) is 42.0 Å². The topological polar surface area (TPSA) is 161 Å². The number of aromatic nitrogens is 4. The summed E-state index contributed by atoms with van der Waals surface area (Å²) in [6.07, 6.45) is 1.19. The summed E-state index contributed by atoms with van der Waals surface area (Å²) in [5.41, 5.74) is 6.07. The number of aromatic amines is 1. The number of Topliss-reactive ketones (excluding diaryl/α,β-unsaturated/α-hetero) is 1. The molecule has 0 saturated heterocycles. The number of rotatable bonds is 14. The number of nitrogen functional groups attached to an aromatic ring is 1. The number of H-pyrrole nitrogens is 1. The van der Waals surface area contributed by atoms with Crippen molar-refractivity contribution in [1.29, 1.82) is 0 Å². The van der Waals surface area contributed by atoms with Crippen molar-refractivity contribution < 1.29 is 36.7 Å². The number of anilines is 1. The molecule has 0 radical (unpaired) electrons. The number of ether oxygens (including phenoxy) is 2. The average molecular weight is 577 g/mol. The van der Waals surface area contributed by atoms with Gasteiger partial charge in [-0.1, -0.05) is 6.07 Å². The van der Waals surface area contributed by atoms with Crippen molar-refractivity contribution in [1.82, 2.24) is 19.5 Å². The second-order valence-electron chi connectivity index (χ2n) is 8.45. The molecule has 0 aliphatic carbocycles. The lowest BCUT2D eigenvalue weighted by Crippen LogP contribution is -2.15. The normalized spacial score (nSPS) is 12.9. The predicted molar refractivity (Wildman–Crippen MR) is 140 cm³/mol. The molecule has 0 fully saturated rings. The fraction of sp³-hybridized carbons (Fsp3) is 0.280. The smallest absolute Gasteiger partial charge is 0.333 e. The molecule has 2 heterocycles. The van der Waals surface area contributed by atoms with E-state index in [4.69, 9.17) is 24.3 Å². The average Bonchev–Trinajstić information content (AvgIpc) is 3.34. The van der Waals surface area contributed by atoms with Gasteiger partial charge in [-0.15, -0.1) is 0 Å². The summed E-state index contributed by atoms with van der Waals surface area (Å²) in [5, 5.41) is 0. The van der Waals surface area contributed by atoms with Crippen LogP contribution in [0.2, 0.25) is 0 Å². The van der Waals surface area contributed by atoms with E-state index in [1.54, 1.807) is 4.57 Å². The van der Waals surface area contributed by atoms with Crippen LogP contribution in [0.25, 0.3) is 11.2 Å². The molecule has 0 spiro atoms. The molecule has 2 aromatic heterocycles. The largest absolute Gasteiger partial charge is 0.494 e. The number of halogens is 2. The zero-order valence-corrected chi connectivity index (χ0v) is 22.2. The highest BCUT2D eigenvalue weighted by Gasteiger charge is 2.27. The number of benzene rings is 2. The summed E-state index contributed by atoms with van der Waals surface area (Å²) in [5.74, 6) is -1.68. The van der Waals surface area contributed by atoms with Crippen LogP contribution in [0.3, 0.4) is 0 Å². The molecule has 0 bridgehead atoms. The van der Waals surface area contributed by atoms with Crippen LogP contribution in [-0.4, -0.2) is 58.4 Å². The van der Waals surface area contributed by atoms with Gasteiger partial charge in [0.2, 0.25) is 5.95 Å². The number of hydrogen-bond acceptors (Lipinski definition) is 10. The minimum Gasteiger partial charge on any atom is -0.494 e. The van der Waals surface area contributed by atoms with Gasteiger partial charge < -0.3 is 28.8 Å². The Morgan fingerprint density at radius 2 is 1.90 bits per heavy atom. The predicted octanol–water partition coefficient (Wildman–Crippen LogP) is 3.31. The summed E-state index contributed by atoms with van der Waals surface area (Å²) in [7, 11) is -2.59. The van der Waals surface area contributed by atoms with Gasteiger partial charge in [0.05, 0.1) is 39.4 Å². The molecule has 4 aromatic rings. The number of carbonyl (C=O) groups is 1. The summed E-state index contributed by atoms with van der Waals surface area (Å²) in [6.45, 7) is -0.569. The highest BCUT2D eigenvalue weighted by molar-refractivity contribution is 7.53. The molecule has 40 heavy (non-hydrogen) atoms. The van der Waals surface area contributed by atoms with E-state index >= 15 is 0 Å². The lowest BCUT2D eigenvalue weighted by molar-refractivity contribution is 0.0885. The fourth-order valence-electron chi connectivity index (χ4n) is 3.59. The Morgan fingerprint density at radius 3 is 2.62 bits per heavy atom. The van der Waals surface area contributed by atoms with Crippen LogP contribution < -0.4 is 16.0 Å². The maximum absolute atomic E-state index is 14.1. The van der Waals surface area contributed by atoms with Gasteiger partial charge in [-0.25, -0.2) is 13.8 Å². The van der Waals surface area contributed by atoms with Crippen molar-refractivity contribution >= 4 is 30.5 Å². The highest BCUT2D eigenvalue weighted by Crippen LogP contribution is 2.48. The third-order valence-corrected chi connectivity index (χ3v) is 7.46. The Labute approximate surface area is 226 Å². The van der Waals surface area contributed by atoms with Crippen molar-refractivity contribution in [3.63, 3.8) is 0 Å². The zero-order chi connectivity index (χ0) is 28.7. The summed E-state index contributed by atoms with van der Waals surface area (Å²) < 4.78 is 63.8. The van der Waals surface area contributed by atoms with Gasteiger partial charge in [0.25, 0.3) is 5.56 Å². The quantitative estimate of drug-likeness (QED) is 0.129. The van der Waals surface area contributed by atoms with Gasteiger partial charge in [-0.2, -0.15) is 4.98 Å². The van der Waals surface area contributed by atoms with Crippen LogP contribution in [-0.2, 0) is 31.5 Å². The first-order valence-electron chi connectivity index (χ1n) is 11.9. The number of nitrogens with one attached hydrogen (secondary N) is 1. The van der Waals surface area contributed by atoms with Crippen LogP contribution in [0.15, 0.2) is 53.6 Å². The highest BCUT2D eigenvalue weighted by atomic mass is 31.2. The van der Waals surface area contributed by atoms with Gasteiger partial charge >= 0.3 is 7.60 Å². The first kappa shape index (κ1) is 29.0. The number of fused-ring (bicyclic) bond motifs is 1. The Bertz CT molecular complexity index is 1590. The van der Waals surface area contributed by atoms with E-state index in [-0.39, 0.29) is 61.0 Å². The van der Waals surface area contributed by atoms with Crippen molar-refractivity contribution in [2.45, 2.75) is 13.2 Å². The standard InChI is InChI=1S/C25H26F2N5O7P/c1-36-21-7-2-16(12-19(21)27)13-38-40(35,39-14-20(33)17-3-5-18(26)6-4-17)11-10-37-9-8-32-15-29-22-23(32)30-25(28)31-24(22)34/h2-7,12,15H,8-11,13-14H2,1H3,(H3,28,30,31,34). The van der Waals surface area contributed by atoms with Crippen molar-refractivity contribution in [2.24, 2.45) is 0 Å². The second-order valence-corrected chi connectivity index (χ2v) is 10.6. The molecular weight excluding hydrogens is 551 g/mol. The molecule has 4 rings (SSSR count). The molecule has 3 N–H and O–H groups in total. The third-order valence-electron chi connectivity index (χ3n) is 5.68. The lowest BCUT2D eigenvalue weighted by atomic mass is 10.1. The first-order valence-corrected chi connectivity index (χ1v) is 13.7. The molecular formula is C25H26F2N5O7P. The van der Waals surface area contributed by atoms with Crippen LogP contribution >= 0.6 is 7.60 Å². The number of carbonyl (C=O) groups excluding carboxylic acids is 1. The Balaban J connectivity index is 1.37. The Hall–Kier alpha value is -3.97. The minimum atomic E-state index is -3.92. The number of hydrogen-bond donors (Lipinski definition) is 2. The molecule has 0 amide bonds. The maximum atomic E-state index is 14.1. The first-order chi connectivity index (χ1) is 19.2. The van der Waals surface area contributed by atoms with Gasteiger partial charge in [0.15, 0.2) is 28.5 Å². The molecule has 2 aromatic carbocycles. The van der Waals surface area contributed by atoms with Crippen LogP contribution in [0.5, 0.6) is 5.75 Å². The SMILES string of the molecule is COc1ccc(COP(=O)(CCOCCn2cnc3c(=O)[nH]c(N)nc32)OCC(=O)c2ccc(F)cc2)cc1F. The molecule has 15 heteroatoms. The number of ketones is 1. The summed E-state index contributed by atoms with van der Waals surface area (Å²) >= 11 is 0. The maximum Gasteiger partial charge on any atom is 0.333 e.